The maximum absolute atomic E-state index is 11.6. The molecule has 0 bridgehead atoms. The van der Waals surface area contributed by atoms with Crippen LogP contribution in [0.25, 0.3) is 0 Å². The minimum Gasteiger partial charge on any atom is -0.356 e. The molecule has 0 saturated heterocycles. The van der Waals surface area contributed by atoms with Gasteiger partial charge in [-0.1, -0.05) is 41.4 Å². The Morgan fingerprint density at radius 3 is 2.56 bits per heavy atom. The highest BCUT2D eigenvalue weighted by molar-refractivity contribution is 14.0. The summed E-state index contributed by atoms with van der Waals surface area (Å²) < 4.78 is 24.3. The van der Waals surface area contributed by atoms with Gasteiger partial charge in [0.1, 0.15) is 9.84 Å². The molecule has 0 spiro atoms. The Hall–Kier alpha value is -0.350. The van der Waals surface area contributed by atoms with Crippen LogP contribution in [0.2, 0.25) is 0 Å². The average molecular weight is 572 g/mol. The minimum absolute atomic E-state index is 0. The molecule has 0 aliphatic heterocycles. The number of hydrogen-bond donors (Lipinski definition) is 2. The smallest absolute Gasteiger partial charge is 0.191 e. The highest BCUT2D eigenvalue weighted by atomic mass is 127. The monoisotopic (exact) mass is 571 g/mol. The Morgan fingerprint density at radius 2 is 2.04 bits per heavy atom. The fourth-order valence-electron chi connectivity index (χ4n) is 3.20. The van der Waals surface area contributed by atoms with E-state index in [0.717, 1.165) is 42.7 Å². The summed E-state index contributed by atoms with van der Waals surface area (Å²) in [6.45, 7) is 3.69. The van der Waals surface area contributed by atoms with Crippen LogP contribution >= 0.6 is 39.9 Å². The van der Waals surface area contributed by atoms with Crippen molar-refractivity contribution in [2.24, 2.45) is 16.3 Å². The van der Waals surface area contributed by atoms with E-state index in [1.54, 1.807) is 7.05 Å². The van der Waals surface area contributed by atoms with Crippen LogP contribution in [-0.2, 0) is 16.3 Å². The van der Waals surface area contributed by atoms with Crippen LogP contribution in [0.4, 0.5) is 0 Å². The van der Waals surface area contributed by atoms with Crippen LogP contribution in [0.1, 0.15) is 31.7 Å². The van der Waals surface area contributed by atoms with E-state index >= 15 is 0 Å². The van der Waals surface area contributed by atoms with Crippen LogP contribution in [0.15, 0.2) is 33.7 Å². The van der Waals surface area contributed by atoms with Gasteiger partial charge in [-0.05, 0) is 42.9 Å². The molecule has 1 unspecified atom stereocenters. The van der Waals surface area contributed by atoms with E-state index in [2.05, 4.69) is 56.7 Å². The van der Waals surface area contributed by atoms with Gasteiger partial charge < -0.3 is 10.6 Å². The first-order valence-corrected chi connectivity index (χ1v) is 12.0. The highest BCUT2D eigenvalue weighted by Crippen LogP contribution is 2.45. The Kier molecular flexibility index (Phi) is 10.1. The molecule has 0 amide bonds. The Bertz CT molecular complexity index is 736. The molecule has 154 valence electrons. The first-order chi connectivity index (χ1) is 12.3. The van der Waals surface area contributed by atoms with Crippen molar-refractivity contribution in [1.29, 1.82) is 0 Å². The van der Waals surface area contributed by atoms with E-state index in [0.29, 0.717) is 12.5 Å². The molecule has 1 aliphatic rings. The zero-order chi connectivity index (χ0) is 19.2. The summed E-state index contributed by atoms with van der Waals surface area (Å²) in [7, 11) is -1.20. The van der Waals surface area contributed by atoms with Crippen LogP contribution in [0, 0.1) is 11.3 Å². The lowest BCUT2D eigenvalue weighted by atomic mass is 9.97. The number of rotatable bonds is 9. The van der Waals surface area contributed by atoms with Crippen molar-refractivity contribution in [3.8, 4) is 0 Å². The first kappa shape index (κ1) is 24.7. The van der Waals surface area contributed by atoms with Gasteiger partial charge in [-0.2, -0.15) is 0 Å². The molecule has 27 heavy (non-hydrogen) atoms. The van der Waals surface area contributed by atoms with Crippen molar-refractivity contribution in [2.75, 3.05) is 32.1 Å². The molecule has 8 heteroatoms. The molecule has 1 aromatic carbocycles. The van der Waals surface area contributed by atoms with Gasteiger partial charge in [0, 0.05) is 36.3 Å². The molecule has 0 heterocycles. The standard InChI is InChI=1S/C19H30BrN3O2S.HI/c1-4-15(10-16-6-5-7-17(20)11-16)12-22-18(21-2)23-13-19(8-9-19)14-26(3,24)25;/h5-7,11,15H,4,8-10,12-14H2,1-3H3,(H2,21,22,23);1H. The molecule has 0 radical (unpaired) electrons. The third kappa shape index (κ3) is 9.13. The average Bonchev–Trinajstić information content (AvgIpc) is 3.31. The van der Waals surface area contributed by atoms with E-state index in [1.807, 2.05) is 6.07 Å². The number of aliphatic imine (C=N–C) groups is 1. The zero-order valence-corrected chi connectivity index (χ0v) is 21.0. The minimum atomic E-state index is -2.95. The topological polar surface area (TPSA) is 70.6 Å². The summed E-state index contributed by atoms with van der Waals surface area (Å²) in [4.78, 5) is 4.28. The Labute approximate surface area is 189 Å². The highest BCUT2D eigenvalue weighted by Gasteiger charge is 2.45. The summed E-state index contributed by atoms with van der Waals surface area (Å²) >= 11 is 3.53. The molecule has 1 atom stereocenters. The summed E-state index contributed by atoms with van der Waals surface area (Å²) in [5.74, 6) is 1.51. The molecule has 1 fully saturated rings. The second-order valence-corrected chi connectivity index (χ2v) is 10.5. The van der Waals surface area contributed by atoms with Gasteiger partial charge in [-0.25, -0.2) is 8.42 Å². The predicted molar refractivity (Wildman–Crippen MR) is 128 cm³/mol. The van der Waals surface area contributed by atoms with Crippen molar-refractivity contribution in [3.63, 3.8) is 0 Å². The van der Waals surface area contributed by atoms with Gasteiger partial charge in [0.25, 0.3) is 0 Å². The molecular formula is C19H31BrIN3O2S. The third-order valence-electron chi connectivity index (χ3n) is 4.93. The maximum atomic E-state index is 11.6. The lowest BCUT2D eigenvalue weighted by Crippen LogP contribution is -2.43. The van der Waals surface area contributed by atoms with E-state index in [4.69, 9.17) is 0 Å². The zero-order valence-electron chi connectivity index (χ0n) is 16.3. The van der Waals surface area contributed by atoms with Gasteiger partial charge in [-0.15, -0.1) is 24.0 Å². The number of benzene rings is 1. The van der Waals surface area contributed by atoms with Crippen LogP contribution in [0.5, 0.6) is 0 Å². The predicted octanol–water partition coefficient (Wildman–Crippen LogP) is 3.63. The third-order valence-corrected chi connectivity index (χ3v) is 6.56. The Morgan fingerprint density at radius 1 is 1.33 bits per heavy atom. The Balaban J connectivity index is 0.00000364. The number of halogens is 2. The van der Waals surface area contributed by atoms with Crippen molar-refractivity contribution < 1.29 is 8.42 Å². The normalized spacial score (nSPS) is 17.0. The quantitative estimate of drug-likeness (QED) is 0.270. The fourth-order valence-corrected chi connectivity index (χ4v) is 5.15. The SMILES string of the molecule is CCC(CNC(=NC)NCC1(CS(C)(=O)=O)CC1)Cc1cccc(Br)c1.I. The summed E-state index contributed by atoms with van der Waals surface area (Å²) in [6, 6.07) is 8.43. The van der Waals surface area contributed by atoms with Gasteiger partial charge in [0.15, 0.2) is 5.96 Å². The van der Waals surface area contributed by atoms with Crippen molar-refractivity contribution in [3.05, 3.63) is 34.3 Å². The number of sulfone groups is 1. The summed E-state index contributed by atoms with van der Waals surface area (Å²) in [6.07, 6.45) is 5.33. The van der Waals surface area contributed by atoms with E-state index in [1.165, 1.54) is 11.8 Å². The molecule has 0 aromatic heterocycles. The van der Waals surface area contributed by atoms with Gasteiger partial charge in [0.05, 0.1) is 5.75 Å². The lowest BCUT2D eigenvalue weighted by molar-refractivity contribution is 0.487. The summed E-state index contributed by atoms with van der Waals surface area (Å²) in [5, 5.41) is 6.71. The number of hydrogen-bond acceptors (Lipinski definition) is 3. The number of nitrogens with zero attached hydrogens (tertiary/aromatic N) is 1. The molecule has 1 saturated carbocycles. The second-order valence-electron chi connectivity index (χ2n) is 7.49. The summed E-state index contributed by atoms with van der Waals surface area (Å²) in [5.41, 5.74) is 1.21. The number of nitrogens with one attached hydrogen (secondary N) is 2. The van der Waals surface area contributed by atoms with Crippen molar-refractivity contribution in [2.45, 2.75) is 32.6 Å². The molecule has 2 rings (SSSR count). The van der Waals surface area contributed by atoms with Crippen LogP contribution in [-0.4, -0.2) is 46.5 Å². The van der Waals surface area contributed by atoms with E-state index in [-0.39, 0.29) is 35.1 Å². The van der Waals surface area contributed by atoms with Crippen LogP contribution < -0.4 is 10.6 Å². The fraction of sp³-hybridized carbons (Fsp3) is 0.632. The lowest BCUT2D eigenvalue weighted by Gasteiger charge is -2.20. The second kappa shape index (κ2) is 11.0. The largest absolute Gasteiger partial charge is 0.356 e. The van der Waals surface area contributed by atoms with Crippen LogP contribution in [0.3, 0.4) is 0 Å². The molecular weight excluding hydrogens is 541 g/mol. The first-order valence-electron chi connectivity index (χ1n) is 9.12. The number of guanidine groups is 1. The van der Waals surface area contributed by atoms with E-state index < -0.39 is 9.84 Å². The van der Waals surface area contributed by atoms with Gasteiger partial charge in [0.2, 0.25) is 0 Å². The van der Waals surface area contributed by atoms with Gasteiger partial charge >= 0.3 is 0 Å². The molecule has 5 nitrogen and oxygen atoms in total. The molecule has 1 aliphatic carbocycles. The maximum Gasteiger partial charge on any atom is 0.191 e. The molecule has 2 N–H and O–H groups in total. The molecule has 1 aromatic rings. The van der Waals surface area contributed by atoms with Gasteiger partial charge in [-0.3, -0.25) is 4.99 Å². The van der Waals surface area contributed by atoms with E-state index in [9.17, 15) is 8.42 Å². The van der Waals surface area contributed by atoms with Crippen molar-refractivity contribution in [1.82, 2.24) is 10.6 Å². The van der Waals surface area contributed by atoms with Crippen molar-refractivity contribution >= 4 is 55.7 Å².